The van der Waals surface area contributed by atoms with Gasteiger partial charge in [-0.1, -0.05) is 17.4 Å². The first kappa shape index (κ1) is 13.4. The number of carboxylic acids is 1. The van der Waals surface area contributed by atoms with Gasteiger partial charge in [0.15, 0.2) is 10.7 Å². The van der Waals surface area contributed by atoms with Crippen LogP contribution in [0.1, 0.15) is 16.2 Å². The molecule has 0 saturated carbocycles. The summed E-state index contributed by atoms with van der Waals surface area (Å²) in [6, 6.07) is 5.46. The van der Waals surface area contributed by atoms with Crippen molar-refractivity contribution in [2.45, 2.75) is 6.92 Å². The van der Waals surface area contributed by atoms with Crippen molar-refractivity contribution < 1.29 is 14.6 Å². The van der Waals surface area contributed by atoms with E-state index in [-0.39, 0.29) is 5.69 Å². The fourth-order valence-electron chi connectivity index (χ4n) is 2.21. The molecule has 0 unspecified atom stereocenters. The quantitative estimate of drug-likeness (QED) is 0.726. The molecule has 2 heterocycles. The number of methoxy groups -OCH3 is 1. The van der Waals surface area contributed by atoms with Crippen molar-refractivity contribution in [3.05, 3.63) is 35.8 Å². The monoisotopic (exact) mass is 303 g/mol. The fraction of sp³-hybridized carbons (Fsp3) is 0.143. The standard InChI is InChI=1S/C14H13N3O3S/c1-7-12(13(18)19)17-6-11(21-14(17)16-7)8-3-4-9(15)10(5-8)20-2/h3-6H,15H2,1-2H3,(H,18,19). The molecule has 3 N–H and O–H groups in total. The molecule has 0 fully saturated rings. The number of carboxylic acid groups (broad SMARTS) is 1. The minimum atomic E-state index is -0.987. The molecular formula is C14H13N3O3S. The molecule has 0 aliphatic heterocycles. The van der Waals surface area contributed by atoms with Gasteiger partial charge in [0.05, 0.1) is 23.4 Å². The lowest BCUT2D eigenvalue weighted by Crippen LogP contribution is -2.02. The molecule has 6 nitrogen and oxygen atoms in total. The number of hydrogen-bond donors (Lipinski definition) is 2. The Morgan fingerprint density at radius 2 is 2.24 bits per heavy atom. The molecule has 0 aliphatic carbocycles. The van der Waals surface area contributed by atoms with Crippen molar-refractivity contribution in [2.75, 3.05) is 12.8 Å². The van der Waals surface area contributed by atoms with Gasteiger partial charge in [-0.25, -0.2) is 9.78 Å². The van der Waals surface area contributed by atoms with Gasteiger partial charge in [0.1, 0.15) is 5.75 Å². The normalized spacial score (nSPS) is 11.0. The number of rotatable bonds is 3. The molecule has 7 heteroatoms. The minimum absolute atomic E-state index is 0.190. The molecule has 0 radical (unpaired) electrons. The topological polar surface area (TPSA) is 89.8 Å². The van der Waals surface area contributed by atoms with Crippen LogP contribution in [0.5, 0.6) is 5.75 Å². The van der Waals surface area contributed by atoms with Crippen LogP contribution in [0.4, 0.5) is 5.69 Å². The number of hydrogen-bond acceptors (Lipinski definition) is 5. The van der Waals surface area contributed by atoms with Crippen LogP contribution in [0.3, 0.4) is 0 Å². The van der Waals surface area contributed by atoms with Gasteiger partial charge in [-0.3, -0.25) is 4.40 Å². The van der Waals surface area contributed by atoms with Crippen LogP contribution < -0.4 is 10.5 Å². The SMILES string of the molecule is COc1cc(-c2cn3c(C(=O)O)c(C)nc3s2)ccc1N. The van der Waals surface area contributed by atoms with Crippen molar-refractivity contribution in [1.29, 1.82) is 0 Å². The Labute approximate surface area is 124 Å². The zero-order valence-corrected chi connectivity index (χ0v) is 12.3. The summed E-state index contributed by atoms with van der Waals surface area (Å²) in [6.45, 7) is 1.69. The van der Waals surface area contributed by atoms with Crippen molar-refractivity contribution in [1.82, 2.24) is 9.38 Å². The maximum absolute atomic E-state index is 11.3. The van der Waals surface area contributed by atoms with Gasteiger partial charge in [-0.05, 0) is 24.6 Å². The molecule has 0 aliphatic rings. The van der Waals surface area contributed by atoms with Crippen molar-refractivity contribution >= 4 is 28.0 Å². The van der Waals surface area contributed by atoms with E-state index in [4.69, 9.17) is 10.5 Å². The highest BCUT2D eigenvalue weighted by atomic mass is 32.1. The van der Waals surface area contributed by atoms with E-state index in [1.54, 1.807) is 30.7 Å². The number of nitrogen functional groups attached to an aromatic ring is 1. The van der Waals surface area contributed by atoms with E-state index in [0.29, 0.717) is 22.1 Å². The van der Waals surface area contributed by atoms with Crippen LogP contribution in [0, 0.1) is 6.92 Å². The number of aromatic carboxylic acids is 1. The summed E-state index contributed by atoms with van der Waals surface area (Å²) in [7, 11) is 1.56. The summed E-state index contributed by atoms with van der Waals surface area (Å²) < 4.78 is 6.80. The van der Waals surface area contributed by atoms with E-state index >= 15 is 0 Å². The molecule has 0 amide bonds. The Bertz CT molecular complexity index is 851. The Morgan fingerprint density at radius 3 is 2.90 bits per heavy atom. The number of aromatic nitrogens is 2. The molecule has 1 aromatic carbocycles. The number of nitrogens with two attached hydrogens (primary N) is 1. The summed E-state index contributed by atoms with van der Waals surface area (Å²) in [4.78, 5) is 17.1. The zero-order chi connectivity index (χ0) is 15.1. The molecule has 2 aromatic heterocycles. The Balaban J connectivity index is 2.16. The van der Waals surface area contributed by atoms with Crippen molar-refractivity contribution in [3.8, 4) is 16.2 Å². The average Bonchev–Trinajstić information content (AvgIpc) is 2.95. The van der Waals surface area contributed by atoms with Gasteiger partial charge in [0.2, 0.25) is 0 Å². The van der Waals surface area contributed by atoms with E-state index in [1.807, 2.05) is 12.1 Å². The minimum Gasteiger partial charge on any atom is -0.495 e. The third-order valence-electron chi connectivity index (χ3n) is 3.22. The van der Waals surface area contributed by atoms with Crippen LogP contribution in [-0.4, -0.2) is 27.6 Å². The maximum atomic E-state index is 11.3. The number of carbonyl (C=O) groups is 1. The lowest BCUT2D eigenvalue weighted by Gasteiger charge is -2.05. The van der Waals surface area contributed by atoms with Gasteiger partial charge in [0, 0.05) is 6.20 Å². The first-order valence-corrected chi connectivity index (χ1v) is 6.98. The van der Waals surface area contributed by atoms with Gasteiger partial charge in [-0.15, -0.1) is 0 Å². The second kappa shape index (κ2) is 4.78. The molecule has 3 aromatic rings. The second-order valence-electron chi connectivity index (χ2n) is 4.56. The fourth-order valence-corrected chi connectivity index (χ4v) is 3.23. The van der Waals surface area contributed by atoms with Crippen molar-refractivity contribution in [2.24, 2.45) is 0 Å². The Morgan fingerprint density at radius 1 is 1.48 bits per heavy atom. The molecule has 3 rings (SSSR count). The van der Waals surface area contributed by atoms with Gasteiger partial charge >= 0.3 is 5.97 Å². The molecule has 21 heavy (non-hydrogen) atoms. The molecule has 108 valence electrons. The lowest BCUT2D eigenvalue weighted by molar-refractivity contribution is 0.0688. The number of benzene rings is 1. The van der Waals surface area contributed by atoms with Crippen LogP contribution in [0.15, 0.2) is 24.4 Å². The molecule has 0 spiro atoms. The maximum Gasteiger partial charge on any atom is 0.354 e. The number of imidazole rings is 1. The number of thiazole rings is 1. The van der Waals surface area contributed by atoms with Crippen LogP contribution in [-0.2, 0) is 0 Å². The van der Waals surface area contributed by atoms with E-state index in [2.05, 4.69) is 4.98 Å². The molecular weight excluding hydrogens is 290 g/mol. The highest BCUT2D eigenvalue weighted by molar-refractivity contribution is 7.20. The number of fused-ring (bicyclic) bond motifs is 1. The zero-order valence-electron chi connectivity index (χ0n) is 11.5. The number of anilines is 1. The first-order valence-electron chi connectivity index (χ1n) is 6.17. The third-order valence-corrected chi connectivity index (χ3v) is 4.25. The Kier molecular flexibility index (Phi) is 3.06. The average molecular weight is 303 g/mol. The van der Waals surface area contributed by atoms with Crippen LogP contribution in [0.25, 0.3) is 15.4 Å². The van der Waals surface area contributed by atoms with Crippen LogP contribution >= 0.6 is 11.3 Å². The first-order chi connectivity index (χ1) is 10.0. The molecule has 0 bridgehead atoms. The number of aryl methyl sites for hydroxylation is 1. The predicted molar refractivity (Wildman–Crippen MR) is 81.2 cm³/mol. The van der Waals surface area contributed by atoms with E-state index in [1.165, 1.54) is 11.3 Å². The smallest absolute Gasteiger partial charge is 0.354 e. The predicted octanol–water partition coefficient (Wildman–Crippen LogP) is 2.66. The lowest BCUT2D eigenvalue weighted by atomic mass is 10.1. The van der Waals surface area contributed by atoms with Crippen LogP contribution in [0.2, 0.25) is 0 Å². The third kappa shape index (κ3) is 2.11. The summed E-state index contributed by atoms with van der Waals surface area (Å²) in [5, 5.41) is 9.26. The highest BCUT2D eigenvalue weighted by Crippen LogP contribution is 2.34. The summed E-state index contributed by atoms with van der Waals surface area (Å²) in [5.41, 5.74) is 7.97. The van der Waals surface area contributed by atoms with Gasteiger partial charge < -0.3 is 15.6 Å². The summed E-state index contributed by atoms with van der Waals surface area (Å²) in [6.07, 6.45) is 1.77. The van der Waals surface area contributed by atoms with Gasteiger partial charge in [0.25, 0.3) is 0 Å². The number of nitrogens with zero attached hydrogens (tertiary/aromatic N) is 2. The second-order valence-corrected chi connectivity index (χ2v) is 5.56. The highest BCUT2D eigenvalue weighted by Gasteiger charge is 2.18. The summed E-state index contributed by atoms with van der Waals surface area (Å²) >= 11 is 1.42. The Hall–Kier alpha value is -2.54. The number of ether oxygens (including phenoxy) is 1. The molecule has 0 atom stereocenters. The van der Waals surface area contributed by atoms with Crippen molar-refractivity contribution in [3.63, 3.8) is 0 Å². The summed E-state index contributed by atoms with van der Waals surface area (Å²) in [5.74, 6) is -0.396. The largest absolute Gasteiger partial charge is 0.495 e. The van der Waals surface area contributed by atoms with E-state index in [9.17, 15) is 9.90 Å². The van der Waals surface area contributed by atoms with E-state index < -0.39 is 5.97 Å². The van der Waals surface area contributed by atoms with Gasteiger partial charge in [-0.2, -0.15) is 0 Å². The molecule has 0 saturated heterocycles. The van der Waals surface area contributed by atoms with E-state index in [0.717, 1.165) is 10.4 Å².